The van der Waals surface area contributed by atoms with Gasteiger partial charge in [-0.3, -0.25) is 0 Å². The molecular weight excluding hydrogens is 204 g/mol. The van der Waals surface area contributed by atoms with E-state index >= 15 is 0 Å². The lowest BCUT2D eigenvalue weighted by molar-refractivity contribution is 0.210. The van der Waals surface area contributed by atoms with E-state index in [0.717, 1.165) is 30.1 Å². The van der Waals surface area contributed by atoms with Crippen LogP contribution in [0, 0.1) is 5.92 Å². The first-order chi connectivity index (χ1) is 7.80. The van der Waals surface area contributed by atoms with E-state index in [9.17, 15) is 5.11 Å². The molecule has 1 unspecified atom stereocenters. The van der Waals surface area contributed by atoms with Gasteiger partial charge < -0.3 is 10.8 Å². The summed E-state index contributed by atoms with van der Waals surface area (Å²) in [5, 5.41) is 17.6. The molecule has 90 valence electrons. The summed E-state index contributed by atoms with van der Waals surface area (Å²) in [7, 11) is 0. The van der Waals surface area contributed by atoms with Gasteiger partial charge in [0.05, 0.1) is 24.0 Å². The zero-order valence-corrected chi connectivity index (χ0v) is 9.76. The van der Waals surface area contributed by atoms with Crippen molar-refractivity contribution in [3.05, 3.63) is 11.4 Å². The summed E-state index contributed by atoms with van der Waals surface area (Å²) in [4.78, 5) is 0. The third kappa shape index (κ3) is 2.25. The minimum atomic E-state index is 0.0431. The third-order valence-corrected chi connectivity index (χ3v) is 3.27. The van der Waals surface area contributed by atoms with Crippen molar-refractivity contribution in [1.29, 1.82) is 0 Å². The molecule has 0 spiro atoms. The Balaban J connectivity index is 2.23. The standard InChI is InChI=1S/C11H20N4O/c1-2-9(7-16)15-11(5-8-3-4-8)10(6-12)13-14-15/h8-9,16H,2-7,12H2,1H3. The Hall–Kier alpha value is -0.940. The molecule has 1 aliphatic rings. The molecule has 1 saturated carbocycles. The highest BCUT2D eigenvalue weighted by Gasteiger charge is 2.27. The molecular formula is C11H20N4O. The number of rotatable bonds is 6. The van der Waals surface area contributed by atoms with Gasteiger partial charge in [-0.2, -0.15) is 0 Å². The summed E-state index contributed by atoms with van der Waals surface area (Å²) in [6, 6.07) is 0.0431. The van der Waals surface area contributed by atoms with E-state index in [1.807, 2.05) is 11.6 Å². The number of nitrogens with two attached hydrogens (primary N) is 1. The van der Waals surface area contributed by atoms with Crippen molar-refractivity contribution in [1.82, 2.24) is 15.0 Å². The second-order valence-corrected chi connectivity index (χ2v) is 4.52. The highest BCUT2D eigenvalue weighted by molar-refractivity contribution is 5.13. The summed E-state index contributed by atoms with van der Waals surface area (Å²) >= 11 is 0. The summed E-state index contributed by atoms with van der Waals surface area (Å²) in [6.07, 6.45) is 4.47. The number of aliphatic hydroxyl groups excluding tert-OH is 1. The van der Waals surface area contributed by atoms with E-state index in [2.05, 4.69) is 10.3 Å². The Bertz CT molecular complexity index is 342. The maximum Gasteiger partial charge on any atom is 0.0994 e. The average Bonchev–Trinajstić information content (AvgIpc) is 3.03. The zero-order chi connectivity index (χ0) is 11.5. The van der Waals surface area contributed by atoms with Gasteiger partial charge in [0.25, 0.3) is 0 Å². The quantitative estimate of drug-likeness (QED) is 0.743. The van der Waals surface area contributed by atoms with Gasteiger partial charge in [0, 0.05) is 6.54 Å². The molecule has 1 atom stereocenters. The zero-order valence-electron chi connectivity index (χ0n) is 9.76. The smallest absolute Gasteiger partial charge is 0.0994 e. The average molecular weight is 224 g/mol. The molecule has 1 aromatic heterocycles. The monoisotopic (exact) mass is 224 g/mol. The van der Waals surface area contributed by atoms with Gasteiger partial charge in [-0.25, -0.2) is 4.68 Å². The minimum Gasteiger partial charge on any atom is -0.394 e. The van der Waals surface area contributed by atoms with Gasteiger partial charge in [-0.05, 0) is 31.6 Å². The number of hydrogen-bond donors (Lipinski definition) is 2. The number of nitrogens with zero attached hydrogens (tertiary/aromatic N) is 3. The van der Waals surface area contributed by atoms with Gasteiger partial charge in [0.2, 0.25) is 0 Å². The van der Waals surface area contributed by atoms with Gasteiger partial charge >= 0.3 is 0 Å². The molecule has 0 aromatic carbocycles. The molecule has 0 radical (unpaired) electrons. The first-order valence-electron chi connectivity index (χ1n) is 6.04. The lowest BCUT2D eigenvalue weighted by Crippen LogP contribution is -2.17. The first-order valence-corrected chi connectivity index (χ1v) is 6.04. The fourth-order valence-electron chi connectivity index (χ4n) is 1.98. The van der Waals surface area contributed by atoms with E-state index in [1.165, 1.54) is 12.8 Å². The number of aromatic nitrogens is 3. The second kappa shape index (κ2) is 4.93. The molecule has 0 amide bonds. The summed E-state index contributed by atoms with van der Waals surface area (Å²) in [6.45, 7) is 2.59. The number of hydrogen-bond acceptors (Lipinski definition) is 4. The molecule has 0 aliphatic heterocycles. The van der Waals surface area contributed by atoms with Crippen LogP contribution in [0.4, 0.5) is 0 Å². The lowest BCUT2D eigenvalue weighted by atomic mass is 10.1. The Morgan fingerprint density at radius 1 is 1.56 bits per heavy atom. The Morgan fingerprint density at radius 2 is 2.31 bits per heavy atom. The van der Waals surface area contributed by atoms with Crippen LogP contribution in [0.15, 0.2) is 0 Å². The van der Waals surface area contributed by atoms with Crippen molar-refractivity contribution >= 4 is 0 Å². The minimum absolute atomic E-state index is 0.0431. The molecule has 1 fully saturated rings. The van der Waals surface area contributed by atoms with Gasteiger partial charge in [-0.1, -0.05) is 12.1 Å². The largest absolute Gasteiger partial charge is 0.394 e. The van der Waals surface area contributed by atoms with Crippen molar-refractivity contribution in [2.24, 2.45) is 11.7 Å². The van der Waals surface area contributed by atoms with Crippen LogP contribution >= 0.6 is 0 Å². The Morgan fingerprint density at radius 3 is 2.81 bits per heavy atom. The predicted octanol–water partition coefficient (Wildman–Crippen LogP) is 0.633. The molecule has 16 heavy (non-hydrogen) atoms. The molecule has 5 nitrogen and oxygen atoms in total. The van der Waals surface area contributed by atoms with E-state index in [4.69, 9.17) is 5.73 Å². The van der Waals surface area contributed by atoms with Gasteiger partial charge in [-0.15, -0.1) is 5.10 Å². The molecule has 0 bridgehead atoms. The fourth-order valence-corrected chi connectivity index (χ4v) is 1.98. The lowest BCUT2D eigenvalue weighted by Gasteiger charge is -2.15. The summed E-state index contributed by atoms with van der Waals surface area (Å²) in [5.74, 6) is 0.777. The second-order valence-electron chi connectivity index (χ2n) is 4.52. The molecule has 2 rings (SSSR count). The molecule has 3 N–H and O–H groups in total. The molecule has 0 saturated heterocycles. The van der Waals surface area contributed by atoms with Crippen LogP contribution in [-0.4, -0.2) is 26.7 Å². The normalized spacial score (nSPS) is 17.7. The van der Waals surface area contributed by atoms with Crippen molar-refractivity contribution in [2.45, 2.75) is 45.2 Å². The first kappa shape index (κ1) is 11.5. The van der Waals surface area contributed by atoms with Crippen LogP contribution in [0.2, 0.25) is 0 Å². The van der Waals surface area contributed by atoms with Crippen LogP contribution in [0.3, 0.4) is 0 Å². The van der Waals surface area contributed by atoms with Crippen molar-refractivity contribution < 1.29 is 5.11 Å². The van der Waals surface area contributed by atoms with E-state index < -0.39 is 0 Å². The fraction of sp³-hybridized carbons (Fsp3) is 0.818. The van der Waals surface area contributed by atoms with Crippen LogP contribution < -0.4 is 5.73 Å². The van der Waals surface area contributed by atoms with Crippen molar-refractivity contribution in [3.63, 3.8) is 0 Å². The van der Waals surface area contributed by atoms with Crippen LogP contribution in [0.25, 0.3) is 0 Å². The third-order valence-electron chi connectivity index (χ3n) is 3.27. The predicted molar refractivity (Wildman–Crippen MR) is 60.8 cm³/mol. The van der Waals surface area contributed by atoms with E-state index in [-0.39, 0.29) is 12.6 Å². The molecule has 1 aliphatic carbocycles. The van der Waals surface area contributed by atoms with E-state index in [1.54, 1.807) is 0 Å². The summed E-state index contributed by atoms with van der Waals surface area (Å²) < 4.78 is 1.88. The van der Waals surface area contributed by atoms with Gasteiger partial charge in [0.1, 0.15) is 0 Å². The van der Waals surface area contributed by atoms with Crippen LogP contribution in [0.1, 0.15) is 43.6 Å². The van der Waals surface area contributed by atoms with Crippen LogP contribution in [0.5, 0.6) is 0 Å². The maximum absolute atomic E-state index is 9.32. The highest BCUT2D eigenvalue weighted by atomic mass is 16.3. The topological polar surface area (TPSA) is 77.0 Å². The molecule has 1 heterocycles. The Labute approximate surface area is 95.6 Å². The Kier molecular flexibility index (Phi) is 3.56. The highest BCUT2D eigenvalue weighted by Crippen LogP contribution is 2.33. The SMILES string of the molecule is CCC(CO)n1nnc(CN)c1CC1CC1. The molecule has 5 heteroatoms. The van der Waals surface area contributed by atoms with Crippen LogP contribution in [-0.2, 0) is 13.0 Å². The van der Waals surface area contributed by atoms with E-state index in [0.29, 0.717) is 6.54 Å². The summed E-state index contributed by atoms with van der Waals surface area (Å²) in [5.41, 5.74) is 7.68. The van der Waals surface area contributed by atoms with Crippen molar-refractivity contribution in [3.8, 4) is 0 Å². The number of aliphatic hydroxyl groups is 1. The van der Waals surface area contributed by atoms with Gasteiger partial charge in [0.15, 0.2) is 0 Å². The van der Waals surface area contributed by atoms with Crippen molar-refractivity contribution in [2.75, 3.05) is 6.61 Å². The molecule has 1 aromatic rings. The maximum atomic E-state index is 9.32.